The van der Waals surface area contributed by atoms with Gasteiger partial charge in [-0.05, 0) is 38.0 Å². The van der Waals surface area contributed by atoms with Crippen LogP contribution < -0.4 is 19.1 Å². The number of aromatic hydroxyl groups is 1. The highest BCUT2D eigenvalue weighted by atomic mass is 16.5. The summed E-state index contributed by atoms with van der Waals surface area (Å²) in [5.41, 5.74) is 1.43. The van der Waals surface area contributed by atoms with Gasteiger partial charge in [0.1, 0.15) is 0 Å². The Balaban J connectivity index is 1.80. The smallest absolute Gasteiger partial charge is 0.325 e. The predicted molar refractivity (Wildman–Crippen MR) is 125 cm³/mol. The Kier molecular flexibility index (Phi) is 8.09. The topological polar surface area (TPSA) is 71.5 Å². The summed E-state index contributed by atoms with van der Waals surface area (Å²) in [5, 5.41) is 10.5. The number of carbonyl (C=O) groups is 1. The normalized spacial score (nSPS) is 16.2. The first-order chi connectivity index (χ1) is 15.5. The number of anilines is 1. The van der Waals surface area contributed by atoms with Gasteiger partial charge in [-0.2, -0.15) is 0 Å². The van der Waals surface area contributed by atoms with Crippen LogP contribution in [0.5, 0.6) is 23.0 Å². The average Bonchev–Trinajstić information content (AvgIpc) is 2.80. The third kappa shape index (κ3) is 5.21. The van der Waals surface area contributed by atoms with Crippen LogP contribution in [-0.4, -0.2) is 49.5 Å². The molecule has 2 aromatic carbocycles. The largest absolute Gasteiger partial charge is 0.504 e. The summed E-state index contributed by atoms with van der Waals surface area (Å²) >= 11 is 0. The maximum atomic E-state index is 13.4. The van der Waals surface area contributed by atoms with Crippen molar-refractivity contribution in [2.24, 2.45) is 0 Å². The summed E-state index contributed by atoms with van der Waals surface area (Å²) < 4.78 is 16.6. The first-order valence-electron chi connectivity index (χ1n) is 11.2. The molecule has 0 radical (unpaired) electrons. The molecular formula is C25H34N2O5. The van der Waals surface area contributed by atoms with Gasteiger partial charge in [0.25, 0.3) is 0 Å². The minimum atomic E-state index is -0.104. The van der Waals surface area contributed by atoms with Gasteiger partial charge in [-0.3, -0.25) is 4.90 Å². The van der Waals surface area contributed by atoms with Crippen molar-refractivity contribution in [1.29, 1.82) is 0 Å². The summed E-state index contributed by atoms with van der Waals surface area (Å²) in [5.74, 6) is 1.77. The Hall–Kier alpha value is -3.09. The molecule has 1 atom stereocenters. The number of methoxy groups -OCH3 is 2. The van der Waals surface area contributed by atoms with E-state index in [0.29, 0.717) is 42.5 Å². The number of carbonyl (C=O) groups excluding carboxylic acids is 1. The van der Waals surface area contributed by atoms with Crippen molar-refractivity contribution in [3.05, 3.63) is 42.0 Å². The second kappa shape index (κ2) is 11.0. The van der Waals surface area contributed by atoms with Gasteiger partial charge in [-0.25, -0.2) is 4.79 Å². The minimum absolute atomic E-state index is 0.0485. The third-order valence-electron chi connectivity index (χ3n) is 5.89. The SMILES string of the molecule is CCCCCOc1cc(N2CC[C@H](C)N(Cc3cccc(OC)c3O)C2=O)ccc1OC. The molecule has 2 aromatic rings. The quantitative estimate of drug-likeness (QED) is 0.512. The van der Waals surface area contributed by atoms with E-state index in [2.05, 4.69) is 6.92 Å². The van der Waals surface area contributed by atoms with Crippen molar-refractivity contribution in [1.82, 2.24) is 4.90 Å². The number of hydrogen-bond donors (Lipinski definition) is 1. The fourth-order valence-electron chi connectivity index (χ4n) is 3.90. The van der Waals surface area contributed by atoms with Crippen molar-refractivity contribution < 1.29 is 24.1 Å². The number of unbranched alkanes of at least 4 members (excludes halogenated alkanes) is 2. The molecule has 0 spiro atoms. The minimum Gasteiger partial charge on any atom is -0.504 e. The number of urea groups is 1. The molecule has 1 N–H and O–H groups in total. The molecule has 0 aromatic heterocycles. The van der Waals surface area contributed by atoms with E-state index < -0.39 is 0 Å². The van der Waals surface area contributed by atoms with Gasteiger partial charge in [-0.15, -0.1) is 0 Å². The lowest BCUT2D eigenvalue weighted by molar-refractivity contribution is 0.165. The first-order valence-corrected chi connectivity index (χ1v) is 11.2. The molecule has 0 unspecified atom stereocenters. The fourth-order valence-corrected chi connectivity index (χ4v) is 3.90. The molecule has 1 aliphatic heterocycles. The number of benzene rings is 2. The molecule has 7 heteroatoms. The lowest BCUT2D eigenvalue weighted by Crippen LogP contribution is -2.53. The Morgan fingerprint density at radius 3 is 2.56 bits per heavy atom. The number of hydrogen-bond acceptors (Lipinski definition) is 5. The van der Waals surface area contributed by atoms with Gasteiger partial charge in [-0.1, -0.05) is 31.9 Å². The second-order valence-electron chi connectivity index (χ2n) is 8.06. The zero-order valence-corrected chi connectivity index (χ0v) is 19.5. The molecule has 7 nitrogen and oxygen atoms in total. The maximum Gasteiger partial charge on any atom is 0.325 e. The Morgan fingerprint density at radius 2 is 1.84 bits per heavy atom. The van der Waals surface area contributed by atoms with Crippen LogP contribution in [-0.2, 0) is 6.54 Å². The number of para-hydroxylation sites is 1. The van der Waals surface area contributed by atoms with E-state index in [-0.39, 0.29) is 17.8 Å². The number of rotatable bonds is 10. The van der Waals surface area contributed by atoms with Crippen LogP contribution in [0.1, 0.15) is 45.1 Å². The lowest BCUT2D eigenvalue weighted by Gasteiger charge is -2.40. The molecule has 3 rings (SSSR count). The molecule has 1 heterocycles. The standard InChI is InChI=1S/C25H34N2O5/c1-5-6-7-15-32-23-16-20(11-12-21(23)30-3)26-14-13-18(2)27(25(26)29)17-19-9-8-10-22(31-4)24(19)28/h8-12,16,18,28H,5-7,13-15,17H2,1-4H3/t18-/m0/s1. The molecule has 174 valence electrons. The molecular weight excluding hydrogens is 408 g/mol. The van der Waals surface area contributed by atoms with Crippen molar-refractivity contribution in [2.75, 3.05) is 32.3 Å². The van der Waals surface area contributed by atoms with Crippen LogP contribution in [0.25, 0.3) is 0 Å². The number of ether oxygens (including phenoxy) is 3. The highest BCUT2D eigenvalue weighted by molar-refractivity contribution is 5.93. The Bertz CT molecular complexity index is 917. The highest BCUT2D eigenvalue weighted by Gasteiger charge is 2.32. The average molecular weight is 443 g/mol. The van der Waals surface area contributed by atoms with Gasteiger partial charge in [0.2, 0.25) is 0 Å². The number of nitrogens with zero attached hydrogens (tertiary/aromatic N) is 2. The second-order valence-corrected chi connectivity index (χ2v) is 8.06. The van der Waals surface area contributed by atoms with Gasteiger partial charge < -0.3 is 24.2 Å². The van der Waals surface area contributed by atoms with Gasteiger partial charge in [0.15, 0.2) is 23.0 Å². The van der Waals surface area contributed by atoms with Gasteiger partial charge >= 0.3 is 6.03 Å². The summed E-state index contributed by atoms with van der Waals surface area (Å²) in [4.78, 5) is 17.0. The Morgan fingerprint density at radius 1 is 1.06 bits per heavy atom. The Labute approximate surface area is 190 Å². The van der Waals surface area contributed by atoms with Crippen LogP contribution in [0, 0.1) is 0 Å². The van der Waals surface area contributed by atoms with Crippen molar-refractivity contribution in [3.8, 4) is 23.0 Å². The van der Waals surface area contributed by atoms with Crippen molar-refractivity contribution >= 4 is 11.7 Å². The van der Waals surface area contributed by atoms with E-state index in [4.69, 9.17) is 14.2 Å². The predicted octanol–water partition coefficient (Wildman–Crippen LogP) is 5.20. The molecule has 32 heavy (non-hydrogen) atoms. The summed E-state index contributed by atoms with van der Waals surface area (Å²) in [6.07, 6.45) is 4.02. The first kappa shape index (κ1) is 23.6. The van der Waals surface area contributed by atoms with E-state index in [1.54, 1.807) is 23.0 Å². The molecule has 1 fully saturated rings. The molecule has 0 aliphatic carbocycles. The van der Waals surface area contributed by atoms with Crippen LogP contribution in [0.3, 0.4) is 0 Å². The maximum absolute atomic E-state index is 13.4. The van der Waals surface area contributed by atoms with Crippen molar-refractivity contribution in [3.63, 3.8) is 0 Å². The van der Waals surface area contributed by atoms with Crippen molar-refractivity contribution in [2.45, 2.75) is 52.1 Å². The summed E-state index contributed by atoms with van der Waals surface area (Å²) in [6.45, 7) is 5.71. The van der Waals surface area contributed by atoms with Gasteiger partial charge in [0.05, 0.1) is 27.4 Å². The molecule has 0 bridgehead atoms. The molecule has 1 saturated heterocycles. The van der Waals surface area contributed by atoms with Crippen LogP contribution in [0.15, 0.2) is 36.4 Å². The zero-order chi connectivity index (χ0) is 23.1. The lowest BCUT2D eigenvalue weighted by atomic mass is 10.1. The van der Waals surface area contributed by atoms with E-state index in [1.165, 1.54) is 7.11 Å². The number of phenolic OH excluding ortho intramolecular Hbond substituents is 1. The fraction of sp³-hybridized carbons (Fsp3) is 0.480. The van der Waals surface area contributed by atoms with Crippen LogP contribution >= 0.6 is 0 Å². The highest BCUT2D eigenvalue weighted by Crippen LogP contribution is 2.35. The van der Waals surface area contributed by atoms with E-state index in [9.17, 15) is 9.90 Å². The molecule has 0 saturated carbocycles. The van der Waals surface area contributed by atoms with Crippen LogP contribution in [0.4, 0.5) is 10.5 Å². The third-order valence-corrected chi connectivity index (χ3v) is 5.89. The number of amides is 2. The summed E-state index contributed by atoms with van der Waals surface area (Å²) in [6, 6.07) is 10.9. The van der Waals surface area contributed by atoms with E-state index >= 15 is 0 Å². The van der Waals surface area contributed by atoms with E-state index in [0.717, 1.165) is 31.4 Å². The monoisotopic (exact) mass is 442 g/mol. The van der Waals surface area contributed by atoms with Crippen LogP contribution in [0.2, 0.25) is 0 Å². The molecule has 1 aliphatic rings. The van der Waals surface area contributed by atoms with E-state index in [1.807, 2.05) is 37.3 Å². The van der Waals surface area contributed by atoms with Gasteiger partial charge in [0, 0.05) is 29.9 Å². The summed E-state index contributed by atoms with van der Waals surface area (Å²) in [7, 11) is 3.13. The molecule has 2 amide bonds. The zero-order valence-electron chi connectivity index (χ0n) is 19.5. The number of phenols is 1.